The Kier molecular flexibility index (Phi) is 3.87. The zero-order chi connectivity index (χ0) is 12.3. The second-order valence-electron chi connectivity index (χ2n) is 3.69. The van der Waals surface area contributed by atoms with E-state index in [2.05, 4.69) is 0 Å². The Balaban J connectivity index is 2.95. The Hall–Kier alpha value is -1.59. The van der Waals surface area contributed by atoms with E-state index in [1.165, 1.54) is 6.07 Å². The van der Waals surface area contributed by atoms with E-state index in [4.69, 9.17) is 5.73 Å². The summed E-state index contributed by atoms with van der Waals surface area (Å²) in [5.74, 6) is -0.823. The van der Waals surface area contributed by atoms with Crippen LogP contribution >= 0.6 is 0 Å². The van der Waals surface area contributed by atoms with Gasteiger partial charge < -0.3 is 21.1 Å². The summed E-state index contributed by atoms with van der Waals surface area (Å²) in [4.78, 5) is 10.6. The van der Waals surface area contributed by atoms with Crippen molar-refractivity contribution in [1.82, 2.24) is 0 Å². The summed E-state index contributed by atoms with van der Waals surface area (Å²) in [5, 5.41) is 28.9. The van der Waals surface area contributed by atoms with Crippen LogP contribution in [0.4, 0.5) is 0 Å². The second kappa shape index (κ2) is 4.96. The van der Waals surface area contributed by atoms with Gasteiger partial charge >= 0.3 is 0 Å². The number of carbonyl (C=O) groups is 1. The Morgan fingerprint density at radius 2 is 2.06 bits per heavy atom. The first-order chi connectivity index (χ1) is 7.43. The minimum atomic E-state index is -1.33. The van der Waals surface area contributed by atoms with Crippen molar-refractivity contribution in [3.63, 3.8) is 0 Å². The number of hydrogen-bond acceptors (Lipinski definition) is 4. The maximum Gasteiger partial charge on any atom is 0.220 e. The van der Waals surface area contributed by atoms with Crippen LogP contribution in [0.25, 0.3) is 0 Å². The summed E-state index contributed by atoms with van der Waals surface area (Å²) in [5.41, 5.74) is 5.77. The van der Waals surface area contributed by atoms with E-state index in [0.717, 1.165) is 0 Å². The molecule has 0 saturated heterocycles. The number of rotatable bonds is 4. The van der Waals surface area contributed by atoms with Gasteiger partial charge in [-0.15, -0.1) is 0 Å². The molecular formula is C11H15NO4. The maximum atomic E-state index is 10.6. The van der Waals surface area contributed by atoms with Crippen LogP contribution in [0.5, 0.6) is 5.75 Å². The van der Waals surface area contributed by atoms with Gasteiger partial charge in [-0.1, -0.05) is 12.1 Å². The normalized spacial score (nSPS) is 14.4. The number of aliphatic hydroxyl groups excluding tert-OH is 2. The fraction of sp³-hybridized carbons (Fsp3) is 0.364. The lowest BCUT2D eigenvalue weighted by Crippen LogP contribution is -2.26. The summed E-state index contributed by atoms with van der Waals surface area (Å²) in [7, 11) is 0. The molecule has 5 heteroatoms. The molecule has 0 aliphatic rings. The third-order valence-electron chi connectivity index (χ3n) is 2.37. The molecule has 0 aliphatic carbocycles. The van der Waals surface area contributed by atoms with Crippen LogP contribution < -0.4 is 5.73 Å². The van der Waals surface area contributed by atoms with Gasteiger partial charge in [0.15, 0.2) is 0 Å². The Bertz CT molecular complexity index is 371. The van der Waals surface area contributed by atoms with Gasteiger partial charge in [0.2, 0.25) is 5.91 Å². The highest BCUT2D eigenvalue weighted by molar-refractivity contribution is 5.74. The lowest BCUT2D eigenvalue weighted by atomic mass is 9.97. The van der Waals surface area contributed by atoms with Gasteiger partial charge in [-0.05, 0) is 18.6 Å². The molecule has 0 aliphatic heterocycles. The van der Waals surface area contributed by atoms with Crippen LogP contribution in [0, 0.1) is 6.92 Å². The Morgan fingerprint density at radius 3 is 2.56 bits per heavy atom. The zero-order valence-corrected chi connectivity index (χ0v) is 8.92. The molecule has 5 nitrogen and oxygen atoms in total. The number of primary amides is 1. The predicted octanol–water partition coefficient (Wildman–Crippen LogP) is -0.0297. The highest BCUT2D eigenvalue weighted by Gasteiger charge is 2.24. The molecule has 0 fully saturated rings. The fourth-order valence-corrected chi connectivity index (χ4v) is 1.56. The summed E-state index contributed by atoms with van der Waals surface area (Å²) in [6, 6.07) is 4.72. The van der Waals surface area contributed by atoms with Crippen molar-refractivity contribution in [3.8, 4) is 5.75 Å². The lowest BCUT2D eigenvalue weighted by Gasteiger charge is -2.19. The molecule has 1 amide bonds. The molecule has 0 bridgehead atoms. The number of carbonyl (C=O) groups excluding carboxylic acids is 1. The number of aromatic hydroxyl groups is 1. The van der Waals surface area contributed by atoms with Crippen LogP contribution in [-0.2, 0) is 4.79 Å². The van der Waals surface area contributed by atoms with E-state index in [0.29, 0.717) is 5.56 Å². The third-order valence-corrected chi connectivity index (χ3v) is 2.37. The number of amides is 1. The highest BCUT2D eigenvalue weighted by atomic mass is 16.3. The summed E-state index contributed by atoms with van der Waals surface area (Å²) in [6.45, 7) is 1.69. The van der Waals surface area contributed by atoms with Crippen LogP contribution in [0.15, 0.2) is 18.2 Å². The highest BCUT2D eigenvalue weighted by Crippen LogP contribution is 2.30. The number of phenols is 1. The van der Waals surface area contributed by atoms with Gasteiger partial charge in [0.05, 0.1) is 12.5 Å². The van der Waals surface area contributed by atoms with Gasteiger partial charge in [0, 0.05) is 5.56 Å². The van der Waals surface area contributed by atoms with Crippen LogP contribution in [0.1, 0.15) is 23.7 Å². The molecule has 1 aromatic carbocycles. The van der Waals surface area contributed by atoms with Crippen molar-refractivity contribution >= 4 is 5.91 Å². The summed E-state index contributed by atoms with van der Waals surface area (Å²) in [6.07, 6.45) is -2.99. The largest absolute Gasteiger partial charge is 0.508 e. The number of phenolic OH excluding ortho intramolecular Hbond substituents is 1. The molecule has 2 atom stereocenters. The van der Waals surface area contributed by atoms with Crippen molar-refractivity contribution in [2.75, 3.05) is 0 Å². The standard InChI is InChI=1S/C11H15NO4/c1-6-3-2-4-7(13)10(6)11(16)8(14)5-9(12)15/h2-4,8,11,13-14,16H,5H2,1H3,(H2,12,15). The third kappa shape index (κ3) is 2.71. The molecule has 1 aromatic rings. The Morgan fingerprint density at radius 1 is 1.44 bits per heavy atom. The van der Waals surface area contributed by atoms with Crippen molar-refractivity contribution < 1.29 is 20.1 Å². The molecule has 0 saturated carbocycles. The first-order valence-electron chi connectivity index (χ1n) is 4.86. The van der Waals surface area contributed by atoms with Crippen LogP contribution in [-0.4, -0.2) is 27.3 Å². The molecule has 16 heavy (non-hydrogen) atoms. The minimum absolute atomic E-state index is 0.115. The molecule has 1 rings (SSSR count). The first-order valence-corrected chi connectivity index (χ1v) is 4.86. The van der Waals surface area contributed by atoms with Crippen molar-refractivity contribution in [1.29, 1.82) is 0 Å². The van der Waals surface area contributed by atoms with E-state index >= 15 is 0 Å². The number of aryl methyl sites for hydroxylation is 1. The molecule has 2 unspecified atom stereocenters. The molecule has 0 aromatic heterocycles. The minimum Gasteiger partial charge on any atom is -0.508 e. The van der Waals surface area contributed by atoms with E-state index in [1.54, 1.807) is 19.1 Å². The number of hydrogen-bond donors (Lipinski definition) is 4. The van der Waals surface area contributed by atoms with Crippen LogP contribution in [0.2, 0.25) is 0 Å². The van der Waals surface area contributed by atoms with Gasteiger partial charge in [0.1, 0.15) is 11.9 Å². The first kappa shape index (κ1) is 12.5. The van der Waals surface area contributed by atoms with Crippen molar-refractivity contribution in [2.24, 2.45) is 5.73 Å². The van der Waals surface area contributed by atoms with Crippen LogP contribution in [0.3, 0.4) is 0 Å². The predicted molar refractivity (Wildman–Crippen MR) is 57.6 cm³/mol. The summed E-state index contributed by atoms with van der Waals surface area (Å²) >= 11 is 0. The van der Waals surface area contributed by atoms with E-state index in [9.17, 15) is 20.1 Å². The second-order valence-corrected chi connectivity index (χ2v) is 3.69. The quantitative estimate of drug-likeness (QED) is 0.577. The fourth-order valence-electron chi connectivity index (χ4n) is 1.56. The van der Waals surface area contributed by atoms with Gasteiger partial charge in [-0.3, -0.25) is 4.79 Å². The van der Waals surface area contributed by atoms with Gasteiger partial charge in [-0.25, -0.2) is 0 Å². The topological polar surface area (TPSA) is 104 Å². The molecule has 0 spiro atoms. The zero-order valence-electron chi connectivity index (χ0n) is 8.92. The summed E-state index contributed by atoms with van der Waals surface area (Å²) < 4.78 is 0. The van der Waals surface area contributed by atoms with Gasteiger partial charge in [0.25, 0.3) is 0 Å². The molecular weight excluding hydrogens is 210 g/mol. The number of aliphatic hydroxyl groups is 2. The smallest absolute Gasteiger partial charge is 0.220 e. The average molecular weight is 225 g/mol. The molecule has 0 heterocycles. The number of nitrogens with two attached hydrogens (primary N) is 1. The molecule has 88 valence electrons. The lowest BCUT2D eigenvalue weighted by molar-refractivity contribution is -0.121. The van der Waals surface area contributed by atoms with Gasteiger partial charge in [-0.2, -0.15) is 0 Å². The Labute approximate surface area is 93.1 Å². The van der Waals surface area contributed by atoms with Crippen molar-refractivity contribution in [3.05, 3.63) is 29.3 Å². The molecule has 5 N–H and O–H groups in total. The molecule has 0 radical (unpaired) electrons. The van der Waals surface area contributed by atoms with E-state index in [1.807, 2.05) is 0 Å². The SMILES string of the molecule is Cc1cccc(O)c1C(O)C(O)CC(N)=O. The van der Waals surface area contributed by atoms with E-state index in [-0.39, 0.29) is 17.7 Å². The van der Waals surface area contributed by atoms with Crippen molar-refractivity contribution in [2.45, 2.75) is 25.6 Å². The average Bonchev–Trinajstić information content (AvgIpc) is 2.16. The monoisotopic (exact) mass is 225 g/mol. The van der Waals surface area contributed by atoms with E-state index < -0.39 is 18.1 Å². The number of benzene rings is 1. The maximum absolute atomic E-state index is 10.6.